The number of nitrogens with zero attached hydrogens (tertiary/aromatic N) is 1. The van der Waals surface area contributed by atoms with E-state index >= 15 is 0 Å². The van der Waals surface area contributed by atoms with Crippen molar-refractivity contribution in [3.8, 4) is 5.75 Å². The summed E-state index contributed by atoms with van der Waals surface area (Å²) in [6, 6.07) is 6.94. The molecule has 1 atom stereocenters. The van der Waals surface area contributed by atoms with Crippen LogP contribution < -0.4 is 10.1 Å². The highest BCUT2D eigenvalue weighted by atomic mass is 16.5. The molecule has 1 aromatic carbocycles. The summed E-state index contributed by atoms with van der Waals surface area (Å²) in [6.45, 7) is 8.45. The van der Waals surface area contributed by atoms with Gasteiger partial charge in [0.05, 0.1) is 19.8 Å². The first-order chi connectivity index (χ1) is 9.38. The first-order valence-corrected chi connectivity index (χ1v) is 7.16. The minimum atomic E-state index is 0.452. The van der Waals surface area contributed by atoms with Gasteiger partial charge in [0.25, 0.3) is 0 Å². The maximum absolute atomic E-state index is 5.64. The molecule has 0 aromatic heterocycles. The van der Waals surface area contributed by atoms with Crippen LogP contribution in [0, 0.1) is 0 Å². The van der Waals surface area contributed by atoms with E-state index in [1.165, 1.54) is 11.1 Å². The molecule has 2 aliphatic rings. The van der Waals surface area contributed by atoms with E-state index in [1.54, 1.807) is 0 Å². The molecular weight excluding hydrogens is 240 g/mol. The lowest BCUT2D eigenvalue weighted by Crippen LogP contribution is -2.45. The molecule has 4 heteroatoms. The van der Waals surface area contributed by atoms with Crippen molar-refractivity contribution in [2.45, 2.75) is 19.5 Å². The van der Waals surface area contributed by atoms with E-state index in [9.17, 15) is 0 Å². The van der Waals surface area contributed by atoms with Crippen LogP contribution >= 0.6 is 0 Å². The maximum atomic E-state index is 5.64. The normalized spacial score (nSPS) is 23.9. The zero-order valence-corrected chi connectivity index (χ0v) is 11.5. The molecule has 1 N–H and O–H groups in total. The SMILES string of the molecule is CCOc1ccc2c(c1)[C@H](N1CCOCC1)CNC2. The largest absolute Gasteiger partial charge is 0.494 e. The third kappa shape index (κ3) is 2.76. The van der Waals surface area contributed by atoms with Gasteiger partial charge in [0, 0.05) is 32.2 Å². The topological polar surface area (TPSA) is 33.7 Å². The van der Waals surface area contributed by atoms with Gasteiger partial charge < -0.3 is 14.8 Å². The molecule has 1 saturated heterocycles. The average Bonchev–Trinajstić information content (AvgIpc) is 2.48. The third-order valence-electron chi connectivity index (χ3n) is 3.93. The van der Waals surface area contributed by atoms with Crippen molar-refractivity contribution in [2.24, 2.45) is 0 Å². The zero-order valence-electron chi connectivity index (χ0n) is 11.5. The van der Waals surface area contributed by atoms with Crippen LogP contribution in [0.1, 0.15) is 24.1 Å². The van der Waals surface area contributed by atoms with Gasteiger partial charge in [-0.1, -0.05) is 6.07 Å². The molecular formula is C15H22N2O2. The standard InChI is InChI=1S/C15H22N2O2/c1-2-19-13-4-3-12-10-16-11-15(14(12)9-13)17-5-7-18-8-6-17/h3-4,9,15-16H,2,5-8,10-11H2,1H3/t15-/m1/s1. The molecule has 3 rings (SSSR count). The van der Waals surface area contributed by atoms with Crippen LogP contribution in [0.15, 0.2) is 18.2 Å². The minimum absolute atomic E-state index is 0.452. The molecule has 0 unspecified atom stereocenters. The fourth-order valence-corrected chi connectivity index (χ4v) is 2.97. The Bertz CT molecular complexity index is 430. The van der Waals surface area contributed by atoms with Crippen LogP contribution in [0.25, 0.3) is 0 Å². The van der Waals surface area contributed by atoms with E-state index in [1.807, 2.05) is 6.92 Å². The van der Waals surface area contributed by atoms with Gasteiger partial charge >= 0.3 is 0 Å². The second kappa shape index (κ2) is 5.90. The van der Waals surface area contributed by atoms with Crippen molar-refractivity contribution in [1.29, 1.82) is 0 Å². The summed E-state index contributed by atoms with van der Waals surface area (Å²) in [5, 5.41) is 3.52. The molecule has 104 valence electrons. The van der Waals surface area contributed by atoms with Crippen LogP contribution in [-0.4, -0.2) is 44.4 Å². The first-order valence-electron chi connectivity index (χ1n) is 7.16. The molecule has 2 heterocycles. The Hall–Kier alpha value is -1.10. The lowest BCUT2D eigenvalue weighted by Gasteiger charge is -2.38. The monoisotopic (exact) mass is 262 g/mol. The van der Waals surface area contributed by atoms with Crippen molar-refractivity contribution >= 4 is 0 Å². The van der Waals surface area contributed by atoms with Gasteiger partial charge in [-0.15, -0.1) is 0 Å². The molecule has 0 radical (unpaired) electrons. The Balaban J connectivity index is 1.86. The number of benzene rings is 1. The van der Waals surface area contributed by atoms with Crippen LogP contribution in [-0.2, 0) is 11.3 Å². The molecule has 0 aliphatic carbocycles. The molecule has 19 heavy (non-hydrogen) atoms. The van der Waals surface area contributed by atoms with E-state index < -0.39 is 0 Å². The summed E-state index contributed by atoms with van der Waals surface area (Å²) in [5.74, 6) is 0.987. The number of nitrogens with one attached hydrogen (secondary N) is 1. The molecule has 0 amide bonds. The summed E-state index contributed by atoms with van der Waals surface area (Å²) in [7, 11) is 0. The van der Waals surface area contributed by atoms with Crippen molar-refractivity contribution in [1.82, 2.24) is 10.2 Å². The van der Waals surface area contributed by atoms with Gasteiger partial charge in [-0.05, 0) is 30.2 Å². The number of hydrogen-bond donors (Lipinski definition) is 1. The highest BCUT2D eigenvalue weighted by Gasteiger charge is 2.27. The smallest absolute Gasteiger partial charge is 0.119 e. The fraction of sp³-hybridized carbons (Fsp3) is 0.600. The van der Waals surface area contributed by atoms with Gasteiger partial charge in [-0.2, -0.15) is 0 Å². The molecule has 4 nitrogen and oxygen atoms in total. The Morgan fingerprint density at radius 3 is 3.00 bits per heavy atom. The van der Waals surface area contributed by atoms with Gasteiger partial charge in [0.1, 0.15) is 5.75 Å². The summed E-state index contributed by atoms with van der Waals surface area (Å²) in [6.07, 6.45) is 0. The second-order valence-electron chi connectivity index (χ2n) is 5.09. The summed E-state index contributed by atoms with van der Waals surface area (Å²) in [5.41, 5.74) is 2.82. The maximum Gasteiger partial charge on any atom is 0.119 e. The third-order valence-corrected chi connectivity index (χ3v) is 3.93. The molecule has 2 aliphatic heterocycles. The van der Waals surface area contributed by atoms with Crippen LogP contribution in [0.3, 0.4) is 0 Å². The van der Waals surface area contributed by atoms with Crippen molar-refractivity contribution in [2.75, 3.05) is 39.5 Å². The predicted octanol–water partition coefficient (Wildman–Crippen LogP) is 1.56. The zero-order chi connectivity index (χ0) is 13.1. The van der Waals surface area contributed by atoms with Crippen molar-refractivity contribution < 1.29 is 9.47 Å². The van der Waals surface area contributed by atoms with E-state index in [-0.39, 0.29) is 0 Å². The van der Waals surface area contributed by atoms with Gasteiger partial charge in [0.2, 0.25) is 0 Å². The number of fused-ring (bicyclic) bond motifs is 1. The van der Waals surface area contributed by atoms with Crippen LogP contribution in [0.2, 0.25) is 0 Å². The lowest BCUT2D eigenvalue weighted by molar-refractivity contribution is 0.0145. The molecule has 0 bridgehead atoms. The van der Waals surface area contributed by atoms with E-state index in [2.05, 4.69) is 28.4 Å². The van der Waals surface area contributed by atoms with Crippen molar-refractivity contribution in [3.63, 3.8) is 0 Å². The molecule has 1 aromatic rings. The van der Waals surface area contributed by atoms with Crippen LogP contribution in [0.4, 0.5) is 0 Å². The van der Waals surface area contributed by atoms with Crippen molar-refractivity contribution in [3.05, 3.63) is 29.3 Å². The highest BCUT2D eigenvalue weighted by molar-refractivity contribution is 5.39. The average molecular weight is 262 g/mol. The van der Waals surface area contributed by atoms with E-state index in [0.29, 0.717) is 6.04 Å². The number of ether oxygens (including phenoxy) is 2. The highest BCUT2D eigenvalue weighted by Crippen LogP contribution is 2.30. The summed E-state index contributed by atoms with van der Waals surface area (Å²) >= 11 is 0. The predicted molar refractivity (Wildman–Crippen MR) is 74.5 cm³/mol. The Morgan fingerprint density at radius 1 is 1.37 bits per heavy atom. The van der Waals surface area contributed by atoms with Crippen LogP contribution in [0.5, 0.6) is 5.75 Å². The van der Waals surface area contributed by atoms with E-state index in [0.717, 1.165) is 51.7 Å². The number of rotatable bonds is 3. The summed E-state index contributed by atoms with van der Waals surface area (Å²) in [4.78, 5) is 2.52. The van der Waals surface area contributed by atoms with E-state index in [4.69, 9.17) is 9.47 Å². The summed E-state index contributed by atoms with van der Waals surface area (Å²) < 4.78 is 11.1. The van der Waals surface area contributed by atoms with Gasteiger partial charge in [-0.3, -0.25) is 4.90 Å². The number of morpholine rings is 1. The minimum Gasteiger partial charge on any atom is -0.494 e. The lowest BCUT2D eigenvalue weighted by atomic mass is 9.95. The quantitative estimate of drug-likeness (QED) is 0.896. The Morgan fingerprint density at radius 2 is 2.21 bits per heavy atom. The first kappa shape index (κ1) is 12.9. The molecule has 0 spiro atoms. The van der Waals surface area contributed by atoms with Gasteiger partial charge in [0.15, 0.2) is 0 Å². The molecule has 1 fully saturated rings. The van der Waals surface area contributed by atoms with Gasteiger partial charge in [-0.25, -0.2) is 0 Å². The fourth-order valence-electron chi connectivity index (χ4n) is 2.97. The Kier molecular flexibility index (Phi) is 4.01. The Labute approximate surface area is 114 Å². The molecule has 0 saturated carbocycles. The number of hydrogen-bond acceptors (Lipinski definition) is 4. The second-order valence-corrected chi connectivity index (χ2v) is 5.09.